The summed E-state index contributed by atoms with van der Waals surface area (Å²) in [6, 6.07) is 11.6. The molecule has 156 valence electrons. The highest BCUT2D eigenvalue weighted by Crippen LogP contribution is 2.24. The summed E-state index contributed by atoms with van der Waals surface area (Å²) in [5.74, 6) is 0.949. The molecule has 30 heavy (non-hydrogen) atoms. The van der Waals surface area contributed by atoms with Gasteiger partial charge in [-0.3, -0.25) is 9.59 Å². The number of carbonyl (C=O) groups excluding carboxylic acids is 2. The number of nitrogens with one attached hydrogen (secondary N) is 1. The fraction of sp³-hybridized carbons (Fsp3) is 0.348. The monoisotopic (exact) mass is 423 g/mol. The van der Waals surface area contributed by atoms with Crippen molar-refractivity contribution in [2.24, 2.45) is 0 Å². The molecule has 3 aromatic rings. The Morgan fingerprint density at radius 3 is 2.60 bits per heavy atom. The van der Waals surface area contributed by atoms with Gasteiger partial charge < -0.3 is 14.6 Å². The zero-order chi connectivity index (χ0) is 20.9. The number of rotatable bonds is 6. The predicted molar refractivity (Wildman–Crippen MR) is 116 cm³/mol. The van der Waals surface area contributed by atoms with Crippen molar-refractivity contribution in [3.8, 4) is 11.5 Å². The zero-order valence-corrected chi connectivity index (χ0v) is 17.8. The number of carbonyl (C=O) groups is 2. The van der Waals surface area contributed by atoms with Gasteiger partial charge in [0.25, 0.3) is 5.91 Å². The predicted octanol–water partition coefficient (Wildman–Crippen LogP) is 4.20. The molecule has 4 rings (SSSR count). The minimum atomic E-state index is -0.0488. The first-order valence-electron chi connectivity index (χ1n) is 10.3. The lowest BCUT2D eigenvalue weighted by molar-refractivity contribution is -0.120. The molecule has 2 amide bonds. The van der Waals surface area contributed by atoms with Crippen LogP contribution in [-0.2, 0) is 17.8 Å². The lowest BCUT2D eigenvalue weighted by Gasteiger charge is -2.25. The van der Waals surface area contributed by atoms with Gasteiger partial charge >= 0.3 is 0 Å². The van der Waals surface area contributed by atoms with Gasteiger partial charge in [-0.05, 0) is 55.3 Å². The highest BCUT2D eigenvalue weighted by Gasteiger charge is 2.24. The Morgan fingerprint density at radius 1 is 1.13 bits per heavy atom. The summed E-state index contributed by atoms with van der Waals surface area (Å²) >= 11 is 1.58. The molecule has 2 aromatic heterocycles. The molecule has 0 spiro atoms. The van der Waals surface area contributed by atoms with E-state index < -0.39 is 0 Å². The van der Waals surface area contributed by atoms with Crippen molar-refractivity contribution in [2.45, 2.75) is 39.2 Å². The molecule has 3 heterocycles. The van der Waals surface area contributed by atoms with Gasteiger partial charge in [-0.25, -0.2) is 4.98 Å². The van der Waals surface area contributed by atoms with Crippen LogP contribution in [0, 0.1) is 6.92 Å². The first-order valence-corrected chi connectivity index (χ1v) is 11.1. The Morgan fingerprint density at radius 2 is 1.90 bits per heavy atom. The SMILES string of the molecule is Cc1oc(-c2ccc(CNC(=O)Cc3cccs3)cc2)nc1C(=O)N1CCCCC1. The standard InChI is InChI=1S/C23H25N3O3S/c1-16-21(23(28)26-11-3-2-4-12-26)25-22(29-16)18-9-7-17(8-10-18)15-24-20(27)14-19-6-5-13-30-19/h5-10,13H,2-4,11-12,14-15H2,1H3,(H,24,27). The number of aryl methyl sites for hydroxylation is 1. The third kappa shape index (κ3) is 4.79. The average Bonchev–Trinajstić information content (AvgIpc) is 3.42. The van der Waals surface area contributed by atoms with E-state index in [2.05, 4.69) is 10.3 Å². The van der Waals surface area contributed by atoms with Crippen molar-refractivity contribution in [1.29, 1.82) is 0 Å². The second kappa shape index (κ2) is 9.26. The topological polar surface area (TPSA) is 75.4 Å². The molecule has 1 aliphatic rings. The molecule has 1 saturated heterocycles. The number of thiophene rings is 1. The number of piperidine rings is 1. The number of nitrogens with zero attached hydrogens (tertiary/aromatic N) is 2. The third-order valence-electron chi connectivity index (χ3n) is 5.25. The lowest BCUT2D eigenvalue weighted by atomic mass is 10.1. The number of hydrogen-bond donors (Lipinski definition) is 1. The van der Waals surface area contributed by atoms with Crippen LogP contribution in [0.25, 0.3) is 11.5 Å². The van der Waals surface area contributed by atoms with Crippen LogP contribution in [0.4, 0.5) is 0 Å². The van der Waals surface area contributed by atoms with Gasteiger partial charge in [0, 0.05) is 30.1 Å². The molecule has 1 fully saturated rings. The van der Waals surface area contributed by atoms with Gasteiger partial charge in [0.15, 0.2) is 5.69 Å². The van der Waals surface area contributed by atoms with E-state index in [4.69, 9.17) is 4.42 Å². The van der Waals surface area contributed by atoms with Crippen molar-refractivity contribution >= 4 is 23.2 Å². The van der Waals surface area contributed by atoms with Gasteiger partial charge in [-0.1, -0.05) is 18.2 Å². The van der Waals surface area contributed by atoms with E-state index in [0.29, 0.717) is 30.3 Å². The van der Waals surface area contributed by atoms with Gasteiger partial charge in [0.1, 0.15) is 5.76 Å². The molecule has 7 heteroatoms. The Kier molecular flexibility index (Phi) is 6.28. The number of hydrogen-bond acceptors (Lipinski definition) is 5. The molecule has 6 nitrogen and oxygen atoms in total. The Bertz CT molecular complexity index is 1000. The smallest absolute Gasteiger partial charge is 0.276 e. The van der Waals surface area contributed by atoms with Crippen molar-refractivity contribution in [1.82, 2.24) is 15.2 Å². The second-order valence-electron chi connectivity index (χ2n) is 7.51. The van der Waals surface area contributed by atoms with Gasteiger partial charge in [-0.2, -0.15) is 0 Å². The largest absolute Gasteiger partial charge is 0.441 e. The number of amides is 2. The van der Waals surface area contributed by atoms with Crippen molar-refractivity contribution in [2.75, 3.05) is 13.1 Å². The van der Waals surface area contributed by atoms with Crippen LogP contribution in [0.1, 0.15) is 46.0 Å². The van der Waals surface area contributed by atoms with E-state index in [9.17, 15) is 9.59 Å². The van der Waals surface area contributed by atoms with E-state index in [1.165, 1.54) is 6.42 Å². The van der Waals surface area contributed by atoms with Crippen molar-refractivity contribution in [3.63, 3.8) is 0 Å². The van der Waals surface area contributed by atoms with Gasteiger partial charge in [0.05, 0.1) is 6.42 Å². The summed E-state index contributed by atoms with van der Waals surface area (Å²) in [5.41, 5.74) is 2.20. The fourth-order valence-electron chi connectivity index (χ4n) is 3.56. The summed E-state index contributed by atoms with van der Waals surface area (Å²) in [4.78, 5) is 32.2. The normalized spacial score (nSPS) is 14.0. The van der Waals surface area contributed by atoms with Crippen LogP contribution >= 0.6 is 11.3 Å². The molecule has 0 atom stereocenters. The number of likely N-dealkylation sites (tertiary alicyclic amines) is 1. The highest BCUT2D eigenvalue weighted by atomic mass is 32.1. The van der Waals surface area contributed by atoms with Crippen LogP contribution < -0.4 is 5.32 Å². The number of oxazole rings is 1. The Labute approximate surface area is 179 Å². The maximum absolute atomic E-state index is 12.7. The quantitative estimate of drug-likeness (QED) is 0.645. The molecule has 1 aliphatic heterocycles. The zero-order valence-electron chi connectivity index (χ0n) is 17.0. The number of benzene rings is 1. The van der Waals surface area contributed by atoms with Crippen LogP contribution in [0.15, 0.2) is 46.2 Å². The fourth-order valence-corrected chi connectivity index (χ4v) is 4.27. The first kappa shape index (κ1) is 20.3. The molecule has 1 N–H and O–H groups in total. The lowest BCUT2D eigenvalue weighted by Crippen LogP contribution is -2.36. The number of aromatic nitrogens is 1. The van der Waals surface area contributed by atoms with E-state index in [1.807, 2.05) is 46.7 Å². The van der Waals surface area contributed by atoms with Crippen LogP contribution in [0.3, 0.4) is 0 Å². The molecule has 0 radical (unpaired) electrons. The molecular weight excluding hydrogens is 398 g/mol. The minimum absolute atomic E-state index is 0.00530. The second-order valence-corrected chi connectivity index (χ2v) is 8.54. The summed E-state index contributed by atoms with van der Waals surface area (Å²) in [6.07, 6.45) is 3.66. The highest BCUT2D eigenvalue weighted by molar-refractivity contribution is 7.10. The summed E-state index contributed by atoms with van der Waals surface area (Å²) in [5, 5.41) is 4.91. The van der Waals surface area contributed by atoms with Crippen LogP contribution in [-0.4, -0.2) is 34.8 Å². The Balaban J connectivity index is 1.38. The summed E-state index contributed by atoms with van der Waals surface area (Å²) in [6.45, 7) is 3.82. The Hall–Kier alpha value is -2.93. The van der Waals surface area contributed by atoms with Gasteiger partial charge in [-0.15, -0.1) is 11.3 Å². The summed E-state index contributed by atoms with van der Waals surface area (Å²) < 4.78 is 5.78. The van der Waals surface area contributed by atoms with E-state index in [0.717, 1.165) is 41.9 Å². The molecule has 0 unspecified atom stereocenters. The molecule has 0 saturated carbocycles. The maximum Gasteiger partial charge on any atom is 0.276 e. The maximum atomic E-state index is 12.7. The van der Waals surface area contributed by atoms with Crippen molar-refractivity contribution in [3.05, 3.63) is 63.7 Å². The summed E-state index contributed by atoms with van der Waals surface area (Å²) in [7, 11) is 0. The van der Waals surface area contributed by atoms with Crippen LogP contribution in [0.5, 0.6) is 0 Å². The first-order chi connectivity index (χ1) is 14.6. The van der Waals surface area contributed by atoms with E-state index in [-0.39, 0.29) is 11.8 Å². The minimum Gasteiger partial charge on any atom is -0.441 e. The third-order valence-corrected chi connectivity index (χ3v) is 6.12. The molecular formula is C23H25N3O3S. The van der Waals surface area contributed by atoms with E-state index in [1.54, 1.807) is 18.3 Å². The molecule has 0 bridgehead atoms. The molecule has 1 aromatic carbocycles. The average molecular weight is 424 g/mol. The van der Waals surface area contributed by atoms with Crippen LogP contribution in [0.2, 0.25) is 0 Å². The van der Waals surface area contributed by atoms with Gasteiger partial charge in [0.2, 0.25) is 11.8 Å². The van der Waals surface area contributed by atoms with E-state index >= 15 is 0 Å². The van der Waals surface area contributed by atoms with Crippen molar-refractivity contribution < 1.29 is 14.0 Å². The molecule has 0 aliphatic carbocycles.